The molecule has 8 heteroatoms. The number of ether oxygens (including phenoxy) is 1. The molecule has 1 aromatic heterocycles. The minimum atomic E-state index is -3.63. The molecule has 1 aromatic rings. The Hall–Kier alpha value is -1.12. The Morgan fingerprint density at radius 2 is 2.11 bits per heavy atom. The van der Waals surface area contributed by atoms with Crippen LogP contribution in [0.4, 0.5) is 8.78 Å². The molecule has 0 saturated heterocycles. The molecule has 0 N–H and O–H groups in total. The summed E-state index contributed by atoms with van der Waals surface area (Å²) in [7, 11) is -0.933. The summed E-state index contributed by atoms with van der Waals surface area (Å²) in [6.45, 7) is 1.25. The van der Waals surface area contributed by atoms with E-state index in [-0.39, 0.29) is 18.7 Å². The van der Waals surface area contributed by atoms with Gasteiger partial charge in [0.05, 0.1) is 11.9 Å². The average Bonchev–Trinajstić information content (AvgIpc) is 2.35. The maximum Gasteiger partial charge on any atom is 0.249 e. The second-order valence-corrected chi connectivity index (χ2v) is 6.60. The van der Waals surface area contributed by atoms with Crippen LogP contribution in [-0.2, 0) is 21.3 Å². The predicted molar refractivity (Wildman–Crippen MR) is 65.9 cm³/mol. The monoisotopic (exact) mass is 294 g/mol. The lowest BCUT2D eigenvalue weighted by molar-refractivity contribution is 0.198. The number of nitrogens with zero attached hydrogens (tertiary/aromatic N) is 2. The Labute approximate surface area is 111 Å². The number of halogens is 2. The van der Waals surface area contributed by atoms with Crippen molar-refractivity contribution in [2.45, 2.75) is 18.7 Å². The van der Waals surface area contributed by atoms with Crippen molar-refractivity contribution >= 4 is 10.0 Å². The zero-order valence-electron chi connectivity index (χ0n) is 10.9. The van der Waals surface area contributed by atoms with Crippen LogP contribution in [0.2, 0.25) is 0 Å². The van der Waals surface area contributed by atoms with E-state index in [0.717, 1.165) is 10.5 Å². The smallest absolute Gasteiger partial charge is 0.249 e. The lowest BCUT2D eigenvalue weighted by Gasteiger charge is -2.21. The molecule has 19 heavy (non-hydrogen) atoms. The maximum absolute atomic E-state index is 13.4. The molecule has 0 unspecified atom stereocenters. The molecule has 0 aliphatic heterocycles. The summed E-state index contributed by atoms with van der Waals surface area (Å²) in [5, 5.41) is -0.766. The highest BCUT2D eigenvalue weighted by molar-refractivity contribution is 7.89. The van der Waals surface area contributed by atoms with Gasteiger partial charge in [0.15, 0.2) is 5.82 Å². The van der Waals surface area contributed by atoms with Crippen LogP contribution in [0.3, 0.4) is 0 Å². The third kappa shape index (κ3) is 3.68. The van der Waals surface area contributed by atoms with Crippen molar-refractivity contribution in [2.24, 2.45) is 0 Å². The molecule has 0 spiro atoms. The predicted octanol–water partition coefficient (Wildman–Crippen LogP) is 1.16. The second-order valence-electron chi connectivity index (χ2n) is 4.14. The van der Waals surface area contributed by atoms with Crippen LogP contribution in [0.15, 0.2) is 12.3 Å². The van der Waals surface area contributed by atoms with Gasteiger partial charge in [0.2, 0.25) is 16.0 Å². The number of aromatic nitrogens is 1. The number of sulfonamides is 1. The molecule has 1 heterocycles. The van der Waals surface area contributed by atoms with Crippen LogP contribution in [0.25, 0.3) is 0 Å². The molecule has 1 atom stereocenters. The van der Waals surface area contributed by atoms with Crippen molar-refractivity contribution in [3.8, 4) is 0 Å². The first-order valence-electron chi connectivity index (χ1n) is 5.53. The summed E-state index contributed by atoms with van der Waals surface area (Å²) in [4.78, 5) is 3.14. The van der Waals surface area contributed by atoms with E-state index in [4.69, 9.17) is 4.74 Å². The van der Waals surface area contributed by atoms with Gasteiger partial charge in [0.25, 0.3) is 0 Å². The van der Waals surface area contributed by atoms with E-state index in [9.17, 15) is 17.2 Å². The normalized spacial score (nSPS) is 13.8. The third-order valence-electron chi connectivity index (χ3n) is 2.66. The van der Waals surface area contributed by atoms with Gasteiger partial charge >= 0.3 is 0 Å². The summed E-state index contributed by atoms with van der Waals surface area (Å²) in [6, 6.07) is 1.24. The molecule has 0 saturated carbocycles. The zero-order valence-corrected chi connectivity index (χ0v) is 11.7. The number of hydrogen-bond acceptors (Lipinski definition) is 4. The molecule has 0 fully saturated rings. The fraction of sp³-hybridized carbons (Fsp3) is 0.545. The minimum Gasteiger partial charge on any atom is -0.383 e. The van der Waals surface area contributed by atoms with Crippen LogP contribution in [-0.4, -0.2) is 43.7 Å². The Kier molecular flexibility index (Phi) is 5.33. The highest BCUT2D eigenvalue weighted by Crippen LogP contribution is 2.15. The van der Waals surface area contributed by atoms with Gasteiger partial charge in [-0.25, -0.2) is 22.1 Å². The minimum absolute atomic E-state index is 0.0276. The van der Waals surface area contributed by atoms with Crippen LogP contribution in [0.1, 0.15) is 12.5 Å². The first kappa shape index (κ1) is 15.9. The number of rotatable bonds is 6. The van der Waals surface area contributed by atoms with Crippen molar-refractivity contribution in [2.75, 3.05) is 20.8 Å². The van der Waals surface area contributed by atoms with E-state index in [1.165, 1.54) is 27.1 Å². The quantitative estimate of drug-likeness (QED) is 0.739. The zero-order chi connectivity index (χ0) is 14.6. The number of methoxy groups -OCH3 is 1. The van der Waals surface area contributed by atoms with E-state index in [2.05, 4.69) is 4.98 Å². The van der Waals surface area contributed by atoms with Crippen LogP contribution in [0, 0.1) is 11.8 Å². The summed E-state index contributed by atoms with van der Waals surface area (Å²) < 4.78 is 56.2. The summed E-state index contributed by atoms with van der Waals surface area (Å²) >= 11 is 0. The van der Waals surface area contributed by atoms with Crippen molar-refractivity contribution in [1.82, 2.24) is 9.29 Å². The first-order chi connectivity index (χ1) is 8.80. The highest BCUT2D eigenvalue weighted by atomic mass is 32.2. The van der Waals surface area contributed by atoms with Gasteiger partial charge in [-0.15, -0.1) is 0 Å². The van der Waals surface area contributed by atoms with E-state index in [1.807, 2.05) is 0 Å². The van der Waals surface area contributed by atoms with E-state index >= 15 is 0 Å². The molecule has 0 bridgehead atoms. The van der Waals surface area contributed by atoms with E-state index in [0.29, 0.717) is 0 Å². The Bertz CT molecular complexity index is 537. The lowest BCUT2D eigenvalue weighted by atomic mass is 10.2. The van der Waals surface area contributed by atoms with Crippen molar-refractivity contribution in [3.63, 3.8) is 0 Å². The summed E-state index contributed by atoms with van der Waals surface area (Å²) in [5.41, 5.74) is -0.0665. The first-order valence-corrected chi connectivity index (χ1v) is 7.04. The molecule has 1 rings (SSSR count). The average molecular weight is 294 g/mol. The number of hydrogen-bond donors (Lipinski definition) is 0. The molecule has 0 aliphatic carbocycles. The fourth-order valence-corrected chi connectivity index (χ4v) is 2.78. The molecular formula is C11H16F2N2O3S. The standard InChI is InChI=1S/C11H16F2N2O3S/c1-8(7-18-3)19(16,17)15(2)6-9-4-5-14-11(13)10(9)12/h4-5,8H,6-7H2,1-3H3/t8-/m1/s1. The maximum atomic E-state index is 13.4. The molecule has 5 nitrogen and oxygen atoms in total. The van der Waals surface area contributed by atoms with Gasteiger partial charge < -0.3 is 4.74 Å². The highest BCUT2D eigenvalue weighted by Gasteiger charge is 2.26. The second kappa shape index (κ2) is 6.36. The molecule has 0 aromatic carbocycles. The lowest BCUT2D eigenvalue weighted by Crippen LogP contribution is -2.36. The van der Waals surface area contributed by atoms with Gasteiger partial charge in [-0.3, -0.25) is 0 Å². The number of pyridine rings is 1. The largest absolute Gasteiger partial charge is 0.383 e. The molecular weight excluding hydrogens is 278 g/mol. The Morgan fingerprint density at radius 3 is 2.68 bits per heavy atom. The van der Waals surface area contributed by atoms with Gasteiger partial charge in [-0.1, -0.05) is 0 Å². The molecule has 0 radical (unpaired) electrons. The molecule has 0 amide bonds. The fourth-order valence-electron chi connectivity index (χ4n) is 1.53. The molecule has 0 aliphatic rings. The van der Waals surface area contributed by atoms with E-state index in [1.54, 1.807) is 0 Å². The topological polar surface area (TPSA) is 59.5 Å². The summed E-state index contributed by atoms with van der Waals surface area (Å²) in [5.74, 6) is -2.38. The van der Waals surface area contributed by atoms with Gasteiger partial charge in [0.1, 0.15) is 0 Å². The van der Waals surface area contributed by atoms with Crippen molar-refractivity contribution < 1.29 is 21.9 Å². The van der Waals surface area contributed by atoms with Crippen LogP contribution >= 0.6 is 0 Å². The van der Waals surface area contributed by atoms with Crippen LogP contribution in [0.5, 0.6) is 0 Å². The van der Waals surface area contributed by atoms with Crippen LogP contribution < -0.4 is 0 Å². The molecule has 108 valence electrons. The SMILES string of the molecule is COC[C@@H](C)S(=O)(=O)N(C)Cc1ccnc(F)c1F. The van der Waals surface area contributed by atoms with Crippen molar-refractivity contribution in [3.05, 3.63) is 29.6 Å². The Morgan fingerprint density at radius 1 is 1.47 bits per heavy atom. The third-order valence-corrected chi connectivity index (χ3v) is 4.81. The van der Waals surface area contributed by atoms with Crippen molar-refractivity contribution in [1.29, 1.82) is 0 Å². The van der Waals surface area contributed by atoms with E-state index < -0.39 is 27.0 Å². The van der Waals surface area contributed by atoms with Gasteiger partial charge in [-0.2, -0.15) is 4.39 Å². The summed E-state index contributed by atoms with van der Waals surface area (Å²) in [6.07, 6.45) is 1.09. The van der Waals surface area contributed by atoms with Gasteiger partial charge in [-0.05, 0) is 13.0 Å². The van der Waals surface area contributed by atoms with Gasteiger partial charge in [0, 0.05) is 32.5 Å². The Balaban J connectivity index is 2.90.